The van der Waals surface area contributed by atoms with E-state index in [1.807, 2.05) is 30.3 Å². The monoisotopic (exact) mass is 665 g/mol. The number of hydrogen-bond acceptors (Lipinski definition) is 6. The van der Waals surface area contributed by atoms with Gasteiger partial charge >= 0.3 is 0 Å². The number of ether oxygens (including phenoxy) is 1. The van der Waals surface area contributed by atoms with Gasteiger partial charge in [0.15, 0.2) is 5.96 Å². The van der Waals surface area contributed by atoms with Gasteiger partial charge in [-0.3, -0.25) is 19.8 Å². The van der Waals surface area contributed by atoms with Gasteiger partial charge in [0.05, 0.1) is 18.0 Å². The first-order valence-corrected chi connectivity index (χ1v) is 17.6. The number of nitrogens with zero attached hydrogens (tertiary/aromatic N) is 5. The van der Waals surface area contributed by atoms with E-state index in [2.05, 4.69) is 54.7 Å². The number of pyridine rings is 1. The van der Waals surface area contributed by atoms with Crippen molar-refractivity contribution in [3.8, 4) is 17.1 Å². The molecule has 2 aromatic heterocycles. The number of methoxy groups -OCH3 is 1. The van der Waals surface area contributed by atoms with Crippen molar-refractivity contribution < 1.29 is 9.13 Å². The summed E-state index contributed by atoms with van der Waals surface area (Å²) in [7, 11) is 1.51. The van der Waals surface area contributed by atoms with Crippen molar-refractivity contribution >= 4 is 22.5 Å². The summed E-state index contributed by atoms with van der Waals surface area (Å²) in [6.07, 6.45) is 5.98. The Kier molecular flexibility index (Phi) is 8.71. The summed E-state index contributed by atoms with van der Waals surface area (Å²) in [5, 5.41) is 13.8. The Morgan fingerprint density at radius 2 is 1.88 bits per heavy atom. The van der Waals surface area contributed by atoms with Gasteiger partial charge in [0.1, 0.15) is 17.4 Å². The van der Waals surface area contributed by atoms with Gasteiger partial charge in [0.25, 0.3) is 5.56 Å². The van der Waals surface area contributed by atoms with Crippen molar-refractivity contribution in [2.24, 2.45) is 23.2 Å². The van der Waals surface area contributed by atoms with E-state index in [0.29, 0.717) is 69.2 Å². The summed E-state index contributed by atoms with van der Waals surface area (Å²) in [6, 6.07) is 15.1. The predicted molar refractivity (Wildman–Crippen MR) is 193 cm³/mol. The van der Waals surface area contributed by atoms with Crippen molar-refractivity contribution in [2.45, 2.75) is 78.6 Å². The van der Waals surface area contributed by atoms with Crippen molar-refractivity contribution in [2.75, 3.05) is 25.1 Å². The second-order valence-electron chi connectivity index (χ2n) is 15.1. The topological polar surface area (TPSA) is 99.4 Å². The van der Waals surface area contributed by atoms with E-state index in [4.69, 9.17) is 9.72 Å². The average molecular weight is 666 g/mol. The SMILES string of the molecule is COc1ccc(CCn2c(-c3cccnc3)nc3cc(N(C(=N)N4C[C@@H](C)N[C@@H](C)C4)[C@H]4C[C@@H]5C[C@H]([C@@H]4C)C5(C)C)ccc3c2=O)c(F)c1. The molecule has 4 aromatic rings. The average Bonchev–Trinajstić information content (AvgIpc) is 3.08. The summed E-state index contributed by atoms with van der Waals surface area (Å²) >= 11 is 0. The zero-order valence-corrected chi connectivity index (χ0v) is 29.4. The smallest absolute Gasteiger partial charge is 0.261 e. The number of rotatable bonds is 7. The van der Waals surface area contributed by atoms with Crippen LogP contribution in [0.3, 0.4) is 0 Å². The van der Waals surface area contributed by atoms with Crippen LogP contribution < -0.4 is 20.5 Å². The molecule has 4 aliphatic rings. The second-order valence-corrected chi connectivity index (χ2v) is 15.1. The Labute approximate surface area is 288 Å². The molecule has 2 N–H and O–H groups in total. The highest BCUT2D eigenvalue weighted by atomic mass is 19.1. The maximum Gasteiger partial charge on any atom is 0.261 e. The highest BCUT2D eigenvalue weighted by Gasteiger charge is 2.57. The molecule has 0 unspecified atom stereocenters. The van der Waals surface area contributed by atoms with Gasteiger partial charge < -0.3 is 19.9 Å². The van der Waals surface area contributed by atoms with Crippen LogP contribution >= 0.6 is 0 Å². The van der Waals surface area contributed by atoms with Crippen LogP contribution in [-0.2, 0) is 13.0 Å². The Hall–Kier alpha value is -4.31. The molecule has 3 heterocycles. The number of aromatic nitrogens is 3. The zero-order chi connectivity index (χ0) is 34.6. The molecule has 258 valence electrons. The number of benzene rings is 2. The molecule has 4 fully saturated rings. The molecular weight excluding hydrogens is 617 g/mol. The molecule has 1 saturated heterocycles. The lowest BCUT2D eigenvalue weighted by Gasteiger charge is -2.63. The summed E-state index contributed by atoms with van der Waals surface area (Å²) in [5.41, 5.74) is 2.78. The van der Waals surface area contributed by atoms with Crippen LogP contribution in [0.4, 0.5) is 10.1 Å². The number of nitrogens with one attached hydrogen (secondary N) is 2. The van der Waals surface area contributed by atoms with Crippen LogP contribution in [0.1, 0.15) is 53.0 Å². The van der Waals surface area contributed by atoms with E-state index in [0.717, 1.165) is 25.2 Å². The fraction of sp³-hybridized carbons (Fsp3) is 0.487. The van der Waals surface area contributed by atoms with Gasteiger partial charge in [-0.05, 0) is 98.2 Å². The minimum atomic E-state index is -0.373. The van der Waals surface area contributed by atoms with Crippen LogP contribution in [-0.4, -0.2) is 63.7 Å². The van der Waals surface area contributed by atoms with E-state index < -0.39 is 0 Å². The van der Waals surface area contributed by atoms with Gasteiger partial charge in [0, 0.05) is 67.5 Å². The third-order valence-corrected chi connectivity index (χ3v) is 11.7. The number of anilines is 1. The van der Waals surface area contributed by atoms with E-state index in [9.17, 15) is 14.6 Å². The van der Waals surface area contributed by atoms with Crippen LogP contribution in [0, 0.1) is 34.4 Å². The molecule has 0 radical (unpaired) electrons. The molecule has 3 saturated carbocycles. The highest BCUT2D eigenvalue weighted by molar-refractivity contribution is 5.97. The first-order chi connectivity index (χ1) is 23.5. The molecule has 0 spiro atoms. The number of hydrogen-bond donors (Lipinski definition) is 2. The van der Waals surface area contributed by atoms with E-state index in [1.165, 1.54) is 19.6 Å². The van der Waals surface area contributed by atoms with E-state index >= 15 is 0 Å². The van der Waals surface area contributed by atoms with Gasteiger partial charge in [-0.1, -0.05) is 26.8 Å². The second kappa shape index (κ2) is 12.9. The van der Waals surface area contributed by atoms with E-state index in [1.54, 1.807) is 29.1 Å². The largest absolute Gasteiger partial charge is 0.497 e. The number of aryl methyl sites for hydroxylation is 1. The fourth-order valence-electron chi connectivity index (χ4n) is 8.96. The Morgan fingerprint density at radius 3 is 2.53 bits per heavy atom. The quantitative estimate of drug-likeness (QED) is 0.176. The summed E-state index contributed by atoms with van der Waals surface area (Å²) in [4.78, 5) is 28.1. The first kappa shape index (κ1) is 33.2. The molecule has 8 rings (SSSR count). The van der Waals surface area contributed by atoms with Crippen LogP contribution in [0.25, 0.3) is 22.3 Å². The maximum atomic E-state index is 14.9. The molecule has 9 nitrogen and oxygen atoms in total. The first-order valence-electron chi connectivity index (χ1n) is 17.6. The van der Waals surface area contributed by atoms with Crippen LogP contribution in [0.15, 0.2) is 65.7 Å². The molecule has 3 aliphatic carbocycles. The van der Waals surface area contributed by atoms with Crippen molar-refractivity contribution in [1.82, 2.24) is 24.8 Å². The number of piperazine rings is 1. The standard InChI is InChI=1S/C39H48FN7O2/c1-23-21-45(22-24(2)43-23)38(41)47(35-17-28-16-32(25(35)3)39(28,4)5)29-10-12-31-34(18-29)44-36(27-8-7-14-42-20-27)46(37(31)48)15-13-26-9-11-30(49-6)19-33(26)40/h7-12,14,18-20,23-25,28,32,35,41,43H,13,15-17,21-22H2,1-6H3/t23-,24+,25-,28-,32+,35-/m0/s1. The van der Waals surface area contributed by atoms with Crippen LogP contribution in [0.5, 0.6) is 5.75 Å². The minimum absolute atomic E-state index is 0.166. The number of halogens is 1. The zero-order valence-electron chi connectivity index (χ0n) is 29.4. The number of guanidine groups is 1. The molecule has 0 amide bonds. The third kappa shape index (κ3) is 5.98. The lowest BCUT2D eigenvalue weighted by atomic mass is 9.44. The molecule has 49 heavy (non-hydrogen) atoms. The normalized spacial score (nSPS) is 25.9. The molecule has 2 aromatic carbocycles. The Balaban J connectivity index is 1.30. The van der Waals surface area contributed by atoms with Crippen molar-refractivity contribution in [3.05, 3.63) is 82.7 Å². The maximum absolute atomic E-state index is 14.9. The molecule has 10 heteroatoms. The highest BCUT2D eigenvalue weighted by Crippen LogP contribution is 2.62. The summed E-state index contributed by atoms with van der Waals surface area (Å²) in [5.74, 6) is 2.69. The fourth-order valence-corrected chi connectivity index (χ4v) is 8.96. The lowest BCUT2D eigenvalue weighted by molar-refractivity contribution is -0.108. The summed E-state index contributed by atoms with van der Waals surface area (Å²) < 4.78 is 21.7. The summed E-state index contributed by atoms with van der Waals surface area (Å²) in [6.45, 7) is 13.3. The molecule has 1 aliphatic heterocycles. The predicted octanol–water partition coefficient (Wildman–Crippen LogP) is 6.34. The van der Waals surface area contributed by atoms with Crippen LogP contribution in [0.2, 0.25) is 0 Å². The third-order valence-electron chi connectivity index (χ3n) is 11.7. The molecular formula is C39H48FN7O2. The van der Waals surface area contributed by atoms with Gasteiger partial charge in [-0.25, -0.2) is 9.37 Å². The van der Waals surface area contributed by atoms with Crippen molar-refractivity contribution in [3.63, 3.8) is 0 Å². The minimum Gasteiger partial charge on any atom is -0.497 e. The molecule has 6 atom stereocenters. The molecule has 2 bridgehead atoms. The van der Waals surface area contributed by atoms with E-state index in [-0.39, 0.29) is 36.0 Å². The van der Waals surface area contributed by atoms with Crippen molar-refractivity contribution in [1.29, 1.82) is 5.41 Å². The lowest BCUT2D eigenvalue weighted by Crippen LogP contribution is -2.65. The van der Waals surface area contributed by atoms with Gasteiger partial charge in [-0.2, -0.15) is 0 Å². The Bertz CT molecular complexity index is 1920. The van der Waals surface area contributed by atoms with Gasteiger partial charge in [0.2, 0.25) is 0 Å². The van der Waals surface area contributed by atoms with Gasteiger partial charge in [-0.15, -0.1) is 0 Å². The Morgan fingerprint density at radius 1 is 1.10 bits per heavy atom. The number of fused-ring (bicyclic) bond motifs is 3.